The van der Waals surface area contributed by atoms with E-state index in [1.165, 1.54) is 20.1 Å². The molecule has 0 amide bonds. The number of rotatable bonds is 2. The summed E-state index contributed by atoms with van der Waals surface area (Å²) in [5.41, 5.74) is 0. The molecular formula is C7H8Cl2N2O. The molecule has 0 aromatic rings. The van der Waals surface area contributed by atoms with Crippen LogP contribution in [0.25, 0.3) is 0 Å². The van der Waals surface area contributed by atoms with E-state index in [2.05, 4.69) is 4.99 Å². The zero-order valence-electron chi connectivity index (χ0n) is 6.69. The Morgan fingerprint density at radius 2 is 1.92 bits per heavy atom. The number of hydrogen-bond acceptors (Lipinski definition) is 2. The Kier molecular flexibility index (Phi) is 4.78. The third-order valence-corrected chi connectivity index (χ3v) is 1.74. The molecule has 12 heavy (non-hydrogen) atoms. The number of nitrogens with one attached hydrogen (secondary N) is 1. The summed E-state index contributed by atoms with van der Waals surface area (Å²) >= 11 is 11.0. The van der Waals surface area contributed by atoms with E-state index in [9.17, 15) is 4.79 Å². The van der Waals surface area contributed by atoms with E-state index in [4.69, 9.17) is 28.6 Å². The SMILES string of the molecule is CC(=N)N=C/C(Cl)=C(/Cl)C(C)=O. The van der Waals surface area contributed by atoms with Crippen LogP contribution in [0.2, 0.25) is 0 Å². The monoisotopic (exact) mass is 206 g/mol. The van der Waals surface area contributed by atoms with Crippen molar-refractivity contribution in [3.8, 4) is 0 Å². The number of Topliss-reactive ketones (excluding diaryl/α,β-unsaturated/α-hetero) is 1. The molecule has 0 fully saturated rings. The lowest BCUT2D eigenvalue weighted by molar-refractivity contribution is -0.113. The Labute approximate surface area is 80.6 Å². The molecule has 0 aliphatic carbocycles. The number of halogens is 2. The first kappa shape index (κ1) is 11.3. The molecule has 0 spiro atoms. The normalized spacial score (nSPS) is 13.0. The molecule has 0 aliphatic heterocycles. The van der Waals surface area contributed by atoms with Crippen LogP contribution in [0.1, 0.15) is 13.8 Å². The molecule has 0 saturated carbocycles. The predicted molar refractivity (Wildman–Crippen MR) is 51.3 cm³/mol. The van der Waals surface area contributed by atoms with Crippen LogP contribution in [-0.2, 0) is 4.79 Å². The van der Waals surface area contributed by atoms with Gasteiger partial charge in [-0.15, -0.1) is 0 Å². The largest absolute Gasteiger partial charge is 0.293 e. The van der Waals surface area contributed by atoms with Crippen molar-refractivity contribution in [2.75, 3.05) is 0 Å². The minimum atomic E-state index is -0.323. The second kappa shape index (κ2) is 5.06. The fourth-order valence-electron chi connectivity index (χ4n) is 0.378. The summed E-state index contributed by atoms with van der Waals surface area (Å²) < 4.78 is 0. The van der Waals surface area contributed by atoms with Crippen molar-refractivity contribution in [2.45, 2.75) is 13.8 Å². The van der Waals surface area contributed by atoms with Crippen molar-refractivity contribution < 1.29 is 4.79 Å². The number of carbonyl (C=O) groups excluding carboxylic acids is 1. The van der Waals surface area contributed by atoms with E-state index in [0.717, 1.165) is 0 Å². The van der Waals surface area contributed by atoms with Crippen LogP contribution < -0.4 is 0 Å². The Morgan fingerprint density at radius 1 is 1.42 bits per heavy atom. The van der Waals surface area contributed by atoms with E-state index in [1.54, 1.807) is 0 Å². The van der Waals surface area contributed by atoms with Crippen LogP contribution >= 0.6 is 23.2 Å². The topological polar surface area (TPSA) is 53.3 Å². The van der Waals surface area contributed by atoms with Crippen molar-refractivity contribution in [1.82, 2.24) is 0 Å². The molecule has 0 heterocycles. The third-order valence-electron chi connectivity index (χ3n) is 0.890. The van der Waals surface area contributed by atoms with Gasteiger partial charge in [0, 0.05) is 13.1 Å². The predicted octanol–water partition coefficient (Wildman–Crippen LogP) is 2.33. The zero-order valence-corrected chi connectivity index (χ0v) is 8.20. The van der Waals surface area contributed by atoms with Crippen LogP contribution in [0, 0.1) is 5.41 Å². The lowest BCUT2D eigenvalue weighted by atomic mass is 10.4. The van der Waals surface area contributed by atoms with Gasteiger partial charge < -0.3 is 0 Å². The lowest BCUT2D eigenvalue weighted by Gasteiger charge is -1.92. The first-order valence-electron chi connectivity index (χ1n) is 3.10. The van der Waals surface area contributed by atoms with Crippen molar-refractivity contribution >= 4 is 41.0 Å². The second-order valence-electron chi connectivity index (χ2n) is 2.06. The van der Waals surface area contributed by atoms with Crippen molar-refractivity contribution in [1.29, 1.82) is 5.41 Å². The van der Waals surface area contributed by atoms with Gasteiger partial charge in [-0.2, -0.15) is 0 Å². The molecule has 0 aromatic heterocycles. The number of hydrogen-bond donors (Lipinski definition) is 1. The molecule has 0 aromatic carbocycles. The van der Waals surface area contributed by atoms with Crippen LogP contribution in [0.4, 0.5) is 0 Å². The van der Waals surface area contributed by atoms with Gasteiger partial charge >= 0.3 is 0 Å². The average Bonchev–Trinajstić information content (AvgIpc) is 1.98. The van der Waals surface area contributed by atoms with Gasteiger partial charge in [-0.25, -0.2) is 4.99 Å². The van der Waals surface area contributed by atoms with Gasteiger partial charge in [0.15, 0.2) is 5.78 Å². The third kappa shape index (κ3) is 4.26. The first-order valence-corrected chi connectivity index (χ1v) is 3.86. The van der Waals surface area contributed by atoms with E-state index in [0.29, 0.717) is 0 Å². The number of amidine groups is 1. The van der Waals surface area contributed by atoms with Gasteiger partial charge in [-0.3, -0.25) is 10.2 Å². The van der Waals surface area contributed by atoms with E-state index in [1.807, 2.05) is 0 Å². The van der Waals surface area contributed by atoms with Crippen molar-refractivity contribution in [2.24, 2.45) is 4.99 Å². The molecule has 0 bridgehead atoms. The van der Waals surface area contributed by atoms with E-state index < -0.39 is 0 Å². The minimum absolute atomic E-state index is 0.0516. The van der Waals surface area contributed by atoms with Gasteiger partial charge in [0.2, 0.25) is 0 Å². The maximum atomic E-state index is 10.6. The Hall–Kier alpha value is -0.670. The quantitative estimate of drug-likeness (QED) is 0.421. The van der Waals surface area contributed by atoms with E-state index in [-0.39, 0.29) is 21.7 Å². The lowest BCUT2D eigenvalue weighted by Crippen LogP contribution is -1.93. The fraction of sp³-hybridized carbons (Fsp3) is 0.286. The molecule has 0 rings (SSSR count). The van der Waals surface area contributed by atoms with Crippen molar-refractivity contribution in [3.63, 3.8) is 0 Å². The summed E-state index contributed by atoms with van der Waals surface area (Å²) in [5, 5.41) is 6.91. The van der Waals surface area contributed by atoms with E-state index >= 15 is 0 Å². The highest BCUT2D eigenvalue weighted by atomic mass is 35.5. The van der Waals surface area contributed by atoms with Crippen LogP contribution in [-0.4, -0.2) is 17.8 Å². The highest BCUT2D eigenvalue weighted by molar-refractivity contribution is 6.52. The minimum Gasteiger partial charge on any atom is -0.293 e. The van der Waals surface area contributed by atoms with Crippen LogP contribution in [0.5, 0.6) is 0 Å². The molecule has 0 aliphatic rings. The van der Waals surface area contributed by atoms with Gasteiger partial charge in [-0.1, -0.05) is 23.2 Å². The van der Waals surface area contributed by atoms with Gasteiger partial charge in [0.05, 0.1) is 5.03 Å². The molecule has 5 heteroatoms. The summed E-state index contributed by atoms with van der Waals surface area (Å²) in [6.45, 7) is 2.79. The number of ketones is 1. The van der Waals surface area contributed by atoms with Crippen molar-refractivity contribution in [3.05, 3.63) is 10.1 Å². The maximum Gasteiger partial charge on any atom is 0.172 e. The maximum absolute atomic E-state index is 10.6. The summed E-state index contributed by atoms with van der Waals surface area (Å²) in [5.74, 6) is -0.225. The number of aliphatic imine (C=N–C) groups is 1. The Bertz CT molecular complexity index is 269. The first-order chi connectivity index (χ1) is 5.45. The number of nitrogens with zero attached hydrogens (tertiary/aromatic N) is 1. The average molecular weight is 207 g/mol. The molecule has 66 valence electrons. The zero-order chi connectivity index (χ0) is 9.72. The molecular weight excluding hydrogens is 199 g/mol. The summed E-state index contributed by atoms with van der Waals surface area (Å²) in [7, 11) is 0. The van der Waals surface area contributed by atoms with Crippen LogP contribution in [0.3, 0.4) is 0 Å². The van der Waals surface area contributed by atoms with Gasteiger partial charge in [-0.05, 0) is 6.92 Å². The molecule has 1 N–H and O–H groups in total. The van der Waals surface area contributed by atoms with Gasteiger partial charge in [0.25, 0.3) is 0 Å². The number of allylic oxidation sites excluding steroid dienone is 2. The molecule has 0 saturated heterocycles. The Morgan fingerprint density at radius 3 is 2.25 bits per heavy atom. The molecule has 3 nitrogen and oxygen atoms in total. The smallest absolute Gasteiger partial charge is 0.172 e. The summed E-state index contributed by atoms with van der Waals surface area (Å²) in [4.78, 5) is 14.2. The standard InChI is InChI=1S/C7H8Cl2N2O/c1-4(12)7(9)6(8)3-11-5(2)10/h3,10H,1-2H3/b7-6-,10-5?,11-3?. The number of carbonyl (C=O) groups is 1. The van der Waals surface area contributed by atoms with Crippen LogP contribution in [0.15, 0.2) is 15.1 Å². The summed E-state index contributed by atoms with van der Waals surface area (Å²) in [6, 6.07) is 0. The second-order valence-corrected chi connectivity index (χ2v) is 2.85. The Balaban J connectivity index is 4.58. The molecule has 0 radical (unpaired) electrons. The summed E-state index contributed by atoms with van der Waals surface area (Å²) in [6.07, 6.45) is 1.17. The molecule has 0 atom stereocenters. The molecule has 0 unspecified atom stereocenters. The fourth-order valence-corrected chi connectivity index (χ4v) is 0.609. The van der Waals surface area contributed by atoms with Gasteiger partial charge in [0.1, 0.15) is 10.9 Å². The highest BCUT2D eigenvalue weighted by Crippen LogP contribution is 2.12. The highest BCUT2D eigenvalue weighted by Gasteiger charge is 2.03.